The van der Waals surface area contributed by atoms with Gasteiger partial charge in [0.2, 0.25) is 0 Å². The van der Waals surface area contributed by atoms with Crippen molar-refractivity contribution >= 4 is 20.2 Å². The molecule has 0 bridgehead atoms. The van der Waals surface area contributed by atoms with Crippen molar-refractivity contribution < 1.29 is 47.5 Å². The summed E-state index contributed by atoms with van der Waals surface area (Å²) in [7, 11) is -12.0. The van der Waals surface area contributed by atoms with E-state index < -0.39 is 42.7 Å². The zero-order chi connectivity index (χ0) is 19.1. The number of benzene rings is 1. The Hall–Kier alpha value is -1.31. The van der Waals surface area contributed by atoms with E-state index in [1.165, 1.54) is 26.0 Å². The van der Waals surface area contributed by atoms with Crippen LogP contribution in [0.25, 0.3) is 0 Å². The van der Waals surface area contributed by atoms with Crippen LogP contribution in [0, 0.1) is 13.8 Å². The van der Waals surface area contributed by atoms with E-state index in [0.717, 1.165) is 6.07 Å². The molecule has 13 heteroatoms. The standard InChI is InChI=1S/C11H11F5O6S2/c1-6-3-4-8(7(2)5-6)23(17,18)22-9(10(12,13)14)11(15,16)24(19,20)21/h3-5,9H,1-2H3,(H,19,20,21). The summed E-state index contributed by atoms with van der Waals surface area (Å²) in [6, 6.07) is 3.23. The second kappa shape index (κ2) is 6.20. The van der Waals surface area contributed by atoms with Gasteiger partial charge in [0, 0.05) is 0 Å². The van der Waals surface area contributed by atoms with Crippen LogP contribution >= 0.6 is 0 Å². The number of alkyl halides is 5. The molecular formula is C11H11F5O6S2. The molecule has 0 aliphatic heterocycles. The topological polar surface area (TPSA) is 97.7 Å². The van der Waals surface area contributed by atoms with E-state index in [1.807, 2.05) is 0 Å². The molecule has 0 fully saturated rings. The highest BCUT2D eigenvalue weighted by Gasteiger charge is 2.66. The fraction of sp³-hybridized carbons (Fsp3) is 0.455. The summed E-state index contributed by atoms with van der Waals surface area (Å²) in [5.41, 5.74) is 0.424. The molecule has 1 N–H and O–H groups in total. The first kappa shape index (κ1) is 20.7. The van der Waals surface area contributed by atoms with Crippen molar-refractivity contribution in [2.45, 2.75) is 36.3 Å². The van der Waals surface area contributed by atoms with Gasteiger partial charge in [0.1, 0.15) is 0 Å². The van der Waals surface area contributed by atoms with Gasteiger partial charge in [0.15, 0.2) is 0 Å². The third-order valence-electron chi connectivity index (χ3n) is 2.77. The molecule has 0 spiro atoms. The van der Waals surface area contributed by atoms with Crippen LogP contribution < -0.4 is 0 Å². The van der Waals surface area contributed by atoms with Crippen molar-refractivity contribution in [3.8, 4) is 0 Å². The molecule has 6 nitrogen and oxygen atoms in total. The molecule has 0 saturated heterocycles. The zero-order valence-electron chi connectivity index (χ0n) is 12.0. The predicted octanol–water partition coefficient (Wildman–Crippen LogP) is 2.42. The van der Waals surface area contributed by atoms with Crippen molar-refractivity contribution in [1.29, 1.82) is 0 Å². The number of hydrogen-bond acceptors (Lipinski definition) is 5. The monoisotopic (exact) mass is 398 g/mol. The lowest BCUT2D eigenvalue weighted by Crippen LogP contribution is -2.52. The Morgan fingerprint density at radius 3 is 1.92 bits per heavy atom. The normalized spacial score (nSPS) is 15.3. The molecule has 0 radical (unpaired) electrons. The zero-order valence-corrected chi connectivity index (χ0v) is 13.6. The average molecular weight is 398 g/mol. The first-order valence-corrected chi connectivity index (χ1v) is 8.77. The summed E-state index contributed by atoms with van der Waals surface area (Å²) in [5, 5.41) is -5.93. The Bertz CT molecular complexity index is 829. The summed E-state index contributed by atoms with van der Waals surface area (Å²) < 4.78 is 121. The number of aryl methyl sites for hydroxylation is 2. The fourth-order valence-corrected chi connectivity index (χ4v) is 3.48. The molecule has 0 aliphatic rings. The molecule has 1 aromatic carbocycles. The van der Waals surface area contributed by atoms with Crippen LogP contribution in [0.2, 0.25) is 0 Å². The van der Waals surface area contributed by atoms with E-state index in [2.05, 4.69) is 4.18 Å². The van der Waals surface area contributed by atoms with Gasteiger partial charge < -0.3 is 0 Å². The first-order chi connectivity index (χ1) is 10.5. The number of hydrogen-bond donors (Lipinski definition) is 1. The highest BCUT2D eigenvalue weighted by atomic mass is 32.2. The van der Waals surface area contributed by atoms with E-state index in [1.54, 1.807) is 0 Å². The van der Waals surface area contributed by atoms with Gasteiger partial charge in [0.05, 0.1) is 4.90 Å². The van der Waals surface area contributed by atoms with Crippen LogP contribution in [0.15, 0.2) is 23.1 Å². The van der Waals surface area contributed by atoms with Crippen molar-refractivity contribution in [3.05, 3.63) is 29.3 Å². The molecule has 1 rings (SSSR count). The van der Waals surface area contributed by atoms with Gasteiger partial charge in [-0.2, -0.15) is 38.8 Å². The summed E-state index contributed by atoms with van der Waals surface area (Å²) in [6.45, 7) is 2.71. The van der Waals surface area contributed by atoms with Crippen molar-refractivity contribution in [1.82, 2.24) is 0 Å². The van der Waals surface area contributed by atoms with Crippen LogP contribution in [0.1, 0.15) is 11.1 Å². The molecule has 138 valence electrons. The smallest absolute Gasteiger partial charge is 0.281 e. The molecule has 0 aliphatic carbocycles. The lowest BCUT2D eigenvalue weighted by molar-refractivity contribution is -0.237. The van der Waals surface area contributed by atoms with Gasteiger partial charge in [-0.25, -0.2) is 4.18 Å². The Balaban J connectivity index is 3.44. The van der Waals surface area contributed by atoms with Gasteiger partial charge in [-0.1, -0.05) is 17.7 Å². The van der Waals surface area contributed by atoms with Crippen LogP contribution in [0.3, 0.4) is 0 Å². The van der Waals surface area contributed by atoms with E-state index >= 15 is 0 Å². The highest BCUT2D eigenvalue weighted by Crippen LogP contribution is 2.39. The average Bonchev–Trinajstić information content (AvgIpc) is 2.32. The minimum Gasteiger partial charge on any atom is -0.281 e. The maximum Gasteiger partial charge on any atom is 0.423 e. The second-order valence-corrected chi connectivity index (χ2v) is 7.81. The Morgan fingerprint density at radius 1 is 1.04 bits per heavy atom. The molecule has 0 heterocycles. The molecule has 1 aromatic rings. The first-order valence-electron chi connectivity index (χ1n) is 5.92. The van der Waals surface area contributed by atoms with Crippen molar-refractivity contribution in [2.75, 3.05) is 0 Å². The Labute approximate surface area is 134 Å². The number of rotatable bonds is 5. The van der Waals surface area contributed by atoms with Crippen molar-refractivity contribution in [3.63, 3.8) is 0 Å². The van der Waals surface area contributed by atoms with E-state index in [4.69, 9.17) is 4.55 Å². The largest absolute Gasteiger partial charge is 0.423 e. The highest BCUT2D eigenvalue weighted by molar-refractivity contribution is 7.87. The van der Waals surface area contributed by atoms with Gasteiger partial charge in [0.25, 0.3) is 16.2 Å². The predicted molar refractivity (Wildman–Crippen MR) is 70.5 cm³/mol. The molecule has 24 heavy (non-hydrogen) atoms. The summed E-state index contributed by atoms with van der Waals surface area (Å²) >= 11 is 0. The van der Waals surface area contributed by atoms with Crippen LogP contribution in [0.5, 0.6) is 0 Å². The lowest BCUT2D eigenvalue weighted by Gasteiger charge is -2.26. The number of halogens is 5. The fourth-order valence-electron chi connectivity index (χ4n) is 1.69. The quantitative estimate of drug-likeness (QED) is 0.465. The van der Waals surface area contributed by atoms with Gasteiger partial charge in [-0.05, 0) is 25.5 Å². The minimum atomic E-state index is -6.60. The summed E-state index contributed by atoms with van der Waals surface area (Å²) in [5.74, 6) is 0. The lowest BCUT2D eigenvalue weighted by atomic mass is 10.2. The van der Waals surface area contributed by atoms with Crippen LogP contribution in [-0.4, -0.2) is 38.9 Å². The minimum absolute atomic E-state index is 0.105. The summed E-state index contributed by atoms with van der Waals surface area (Å²) in [6.07, 6.45) is -10.7. The summed E-state index contributed by atoms with van der Waals surface area (Å²) in [4.78, 5) is -0.853. The van der Waals surface area contributed by atoms with Crippen LogP contribution in [-0.2, 0) is 24.4 Å². The van der Waals surface area contributed by atoms with Crippen molar-refractivity contribution in [2.24, 2.45) is 0 Å². The maximum atomic E-state index is 13.4. The molecular weight excluding hydrogens is 387 g/mol. The van der Waals surface area contributed by atoms with E-state index in [9.17, 15) is 38.8 Å². The van der Waals surface area contributed by atoms with E-state index in [-0.39, 0.29) is 5.56 Å². The third kappa shape index (κ3) is 4.20. The molecule has 1 unspecified atom stereocenters. The van der Waals surface area contributed by atoms with E-state index in [0.29, 0.717) is 5.56 Å². The third-order valence-corrected chi connectivity index (χ3v) is 5.11. The van der Waals surface area contributed by atoms with Crippen LogP contribution in [0.4, 0.5) is 22.0 Å². The maximum absolute atomic E-state index is 13.4. The molecule has 0 amide bonds. The van der Waals surface area contributed by atoms with Gasteiger partial charge in [-0.15, -0.1) is 0 Å². The Kier molecular flexibility index (Phi) is 5.36. The van der Waals surface area contributed by atoms with Gasteiger partial charge >= 0.3 is 21.5 Å². The Morgan fingerprint density at radius 2 is 1.54 bits per heavy atom. The second-order valence-electron chi connectivity index (χ2n) is 4.78. The SMILES string of the molecule is Cc1ccc(S(=O)(=O)OC(C(F)(F)F)C(F)(F)S(=O)(=O)O)c(C)c1. The molecule has 1 atom stereocenters. The molecule has 0 saturated carbocycles. The van der Waals surface area contributed by atoms with Gasteiger partial charge in [-0.3, -0.25) is 4.55 Å². The molecule has 0 aromatic heterocycles.